The molecule has 0 atom stereocenters. The first-order chi connectivity index (χ1) is 8.27. The van der Waals surface area contributed by atoms with Crippen LogP contribution in [0.4, 0.5) is 0 Å². The van der Waals surface area contributed by atoms with Crippen LogP contribution in [0.25, 0.3) is 10.8 Å². The highest BCUT2D eigenvalue weighted by atomic mass is 16.1. The Hall–Kier alpha value is -1.70. The van der Waals surface area contributed by atoms with Crippen LogP contribution in [0.5, 0.6) is 0 Å². The standard InChI is InChI=1S/C15H17NO/c1-3-11(4-2)15(17)14-13-8-6-5-7-12(13)9-10-16-14/h5-11H,3-4H2,1-2H3. The van der Waals surface area contributed by atoms with Crippen molar-refractivity contribution in [3.63, 3.8) is 0 Å². The summed E-state index contributed by atoms with van der Waals surface area (Å²) >= 11 is 0. The van der Waals surface area contributed by atoms with Gasteiger partial charge in [-0.15, -0.1) is 0 Å². The second-order valence-corrected chi connectivity index (χ2v) is 4.26. The van der Waals surface area contributed by atoms with Crippen LogP contribution < -0.4 is 0 Å². The number of carbonyl (C=O) groups is 1. The van der Waals surface area contributed by atoms with E-state index in [4.69, 9.17) is 0 Å². The molecule has 1 aromatic heterocycles. The fourth-order valence-electron chi connectivity index (χ4n) is 2.17. The molecule has 0 bridgehead atoms. The maximum atomic E-state index is 12.4. The molecule has 0 saturated heterocycles. The lowest BCUT2D eigenvalue weighted by Gasteiger charge is -2.11. The molecule has 2 heteroatoms. The van der Waals surface area contributed by atoms with Crippen LogP contribution >= 0.6 is 0 Å². The quantitative estimate of drug-likeness (QED) is 0.742. The highest BCUT2D eigenvalue weighted by Crippen LogP contribution is 2.21. The van der Waals surface area contributed by atoms with Crippen LogP contribution in [-0.2, 0) is 0 Å². The predicted molar refractivity (Wildman–Crippen MR) is 70.1 cm³/mol. The lowest BCUT2D eigenvalue weighted by Crippen LogP contribution is -2.14. The third kappa shape index (κ3) is 2.21. The molecule has 88 valence electrons. The number of aromatic nitrogens is 1. The molecular formula is C15H17NO. The summed E-state index contributed by atoms with van der Waals surface area (Å²) in [5, 5.41) is 2.05. The van der Waals surface area contributed by atoms with Gasteiger partial charge in [0.2, 0.25) is 0 Å². The molecule has 2 nitrogen and oxygen atoms in total. The molecule has 0 amide bonds. The van der Waals surface area contributed by atoms with Crippen molar-refractivity contribution < 1.29 is 4.79 Å². The van der Waals surface area contributed by atoms with Gasteiger partial charge >= 0.3 is 0 Å². The molecule has 0 aliphatic heterocycles. The average Bonchev–Trinajstić information content (AvgIpc) is 2.39. The van der Waals surface area contributed by atoms with E-state index in [0.717, 1.165) is 23.6 Å². The Morgan fingerprint density at radius 3 is 2.59 bits per heavy atom. The molecule has 1 aromatic carbocycles. The molecule has 0 unspecified atom stereocenters. The Kier molecular flexibility index (Phi) is 3.52. The van der Waals surface area contributed by atoms with Gasteiger partial charge in [0.15, 0.2) is 5.78 Å². The van der Waals surface area contributed by atoms with Crippen LogP contribution in [0.1, 0.15) is 37.2 Å². The Morgan fingerprint density at radius 2 is 1.88 bits per heavy atom. The summed E-state index contributed by atoms with van der Waals surface area (Å²) in [5.74, 6) is 0.264. The SMILES string of the molecule is CCC(CC)C(=O)c1nccc2ccccc12. The molecule has 0 radical (unpaired) electrons. The van der Waals surface area contributed by atoms with Crippen molar-refractivity contribution in [3.8, 4) is 0 Å². The van der Waals surface area contributed by atoms with E-state index in [1.165, 1.54) is 0 Å². The van der Waals surface area contributed by atoms with Crippen molar-refractivity contribution in [2.75, 3.05) is 0 Å². The zero-order valence-corrected chi connectivity index (χ0v) is 10.3. The molecule has 17 heavy (non-hydrogen) atoms. The molecule has 1 heterocycles. The predicted octanol–water partition coefficient (Wildman–Crippen LogP) is 3.85. The number of fused-ring (bicyclic) bond motifs is 1. The molecule has 2 aromatic rings. The maximum absolute atomic E-state index is 12.4. The van der Waals surface area contributed by atoms with Gasteiger partial charge in [-0.1, -0.05) is 38.1 Å². The summed E-state index contributed by atoms with van der Waals surface area (Å²) in [6.07, 6.45) is 3.47. The van der Waals surface area contributed by atoms with E-state index < -0.39 is 0 Å². The topological polar surface area (TPSA) is 30.0 Å². The number of hydrogen-bond donors (Lipinski definition) is 0. The van der Waals surface area contributed by atoms with Crippen LogP contribution in [0.2, 0.25) is 0 Å². The number of pyridine rings is 1. The maximum Gasteiger partial charge on any atom is 0.184 e. The first-order valence-electron chi connectivity index (χ1n) is 6.15. The molecule has 0 saturated carbocycles. The van der Waals surface area contributed by atoms with Gasteiger partial charge in [0.05, 0.1) is 0 Å². The molecular weight excluding hydrogens is 210 g/mol. The van der Waals surface area contributed by atoms with Gasteiger partial charge in [-0.2, -0.15) is 0 Å². The number of ketones is 1. The monoisotopic (exact) mass is 227 g/mol. The van der Waals surface area contributed by atoms with Crippen LogP contribution in [0.15, 0.2) is 36.5 Å². The first-order valence-corrected chi connectivity index (χ1v) is 6.15. The number of hydrogen-bond acceptors (Lipinski definition) is 2. The van der Waals surface area contributed by atoms with Gasteiger partial charge in [0.25, 0.3) is 0 Å². The first kappa shape index (κ1) is 11.8. The van der Waals surface area contributed by atoms with E-state index in [-0.39, 0.29) is 11.7 Å². The summed E-state index contributed by atoms with van der Waals surface area (Å²) in [5.41, 5.74) is 0.622. The van der Waals surface area contributed by atoms with Crippen molar-refractivity contribution in [2.24, 2.45) is 5.92 Å². The highest BCUT2D eigenvalue weighted by Gasteiger charge is 2.19. The Balaban J connectivity index is 2.52. The third-order valence-electron chi connectivity index (χ3n) is 3.26. The van der Waals surface area contributed by atoms with E-state index in [9.17, 15) is 4.79 Å². The van der Waals surface area contributed by atoms with Crippen molar-refractivity contribution in [3.05, 3.63) is 42.2 Å². The Labute approximate surface area is 102 Å². The summed E-state index contributed by atoms with van der Waals surface area (Å²) in [6.45, 7) is 4.11. The van der Waals surface area contributed by atoms with E-state index in [1.54, 1.807) is 6.20 Å². The zero-order valence-electron chi connectivity index (χ0n) is 10.3. The van der Waals surface area contributed by atoms with Gasteiger partial charge in [0.1, 0.15) is 5.69 Å². The van der Waals surface area contributed by atoms with Gasteiger partial charge < -0.3 is 0 Å². The van der Waals surface area contributed by atoms with E-state index in [0.29, 0.717) is 5.69 Å². The second-order valence-electron chi connectivity index (χ2n) is 4.26. The largest absolute Gasteiger partial charge is 0.292 e. The summed E-state index contributed by atoms with van der Waals surface area (Å²) in [7, 11) is 0. The minimum absolute atomic E-state index is 0.0910. The van der Waals surface area contributed by atoms with Gasteiger partial charge in [-0.3, -0.25) is 9.78 Å². The number of nitrogens with zero attached hydrogens (tertiary/aromatic N) is 1. The van der Waals surface area contributed by atoms with Gasteiger partial charge in [-0.05, 0) is 24.3 Å². The second kappa shape index (κ2) is 5.09. The van der Waals surface area contributed by atoms with E-state index in [1.807, 2.05) is 30.3 Å². The van der Waals surface area contributed by atoms with Crippen molar-refractivity contribution in [1.29, 1.82) is 0 Å². The van der Waals surface area contributed by atoms with Crippen molar-refractivity contribution in [1.82, 2.24) is 4.98 Å². The number of rotatable bonds is 4. The van der Waals surface area contributed by atoms with Crippen molar-refractivity contribution in [2.45, 2.75) is 26.7 Å². The number of Topliss-reactive ketones (excluding diaryl/α,β-unsaturated/α-hetero) is 1. The van der Waals surface area contributed by atoms with E-state index in [2.05, 4.69) is 18.8 Å². The minimum atomic E-state index is 0.0910. The third-order valence-corrected chi connectivity index (χ3v) is 3.26. The lowest BCUT2D eigenvalue weighted by atomic mass is 9.93. The average molecular weight is 227 g/mol. The minimum Gasteiger partial charge on any atom is -0.292 e. The molecule has 2 rings (SSSR count). The van der Waals surface area contributed by atoms with Crippen LogP contribution in [0, 0.1) is 5.92 Å². The smallest absolute Gasteiger partial charge is 0.184 e. The molecule has 0 spiro atoms. The van der Waals surface area contributed by atoms with E-state index >= 15 is 0 Å². The summed E-state index contributed by atoms with van der Waals surface area (Å²) < 4.78 is 0. The molecule has 0 fully saturated rings. The Morgan fingerprint density at radius 1 is 1.18 bits per heavy atom. The fourth-order valence-corrected chi connectivity index (χ4v) is 2.17. The number of carbonyl (C=O) groups excluding carboxylic acids is 1. The Bertz CT molecular complexity index is 524. The molecule has 0 aliphatic carbocycles. The summed E-state index contributed by atoms with van der Waals surface area (Å²) in [6, 6.07) is 9.86. The van der Waals surface area contributed by atoms with Gasteiger partial charge in [0, 0.05) is 17.5 Å². The van der Waals surface area contributed by atoms with Crippen LogP contribution in [0.3, 0.4) is 0 Å². The summed E-state index contributed by atoms with van der Waals surface area (Å²) in [4.78, 5) is 16.6. The number of benzene rings is 1. The molecule has 0 aliphatic rings. The fraction of sp³-hybridized carbons (Fsp3) is 0.333. The zero-order chi connectivity index (χ0) is 12.3. The van der Waals surface area contributed by atoms with Gasteiger partial charge in [-0.25, -0.2) is 0 Å². The lowest BCUT2D eigenvalue weighted by molar-refractivity contribution is 0.0910. The van der Waals surface area contributed by atoms with Crippen LogP contribution in [-0.4, -0.2) is 10.8 Å². The highest BCUT2D eigenvalue weighted by molar-refractivity contribution is 6.07. The molecule has 0 N–H and O–H groups in total. The normalized spacial score (nSPS) is 11.0. The van der Waals surface area contributed by atoms with Crippen molar-refractivity contribution >= 4 is 16.6 Å².